The molecule has 0 bridgehead atoms. The number of carbonyl (C=O) groups excluding carboxylic acids is 1. The predicted octanol–water partition coefficient (Wildman–Crippen LogP) is 2.32. The van der Waals surface area contributed by atoms with Crippen LogP contribution in [0.15, 0.2) is 29.3 Å². The molecule has 3 heteroatoms. The lowest BCUT2D eigenvalue weighted by Gasteiger charge is -2.19. The third kappa shape index (κ3) is 3.30. The van der Waals surface area contributed by atoms with Gasteiger partial charge in [0.15, 0.2) is 0 Å². The van der Waals surface area contributed by atoms with Crippen molar-refractivity contribution in [3.63, 3.8) is 0 Å². The Balaban J connectivity index is 3.02. The molecule has 0 aromatic heterocycles. The molecule has 0 amide bonds. The van der Waals surface area contributed by atoms with E-state index in [-0.39, 0.29) is 0 Å². The summed E-state index contributed by atoms with van der Waals surface area (Å²) in [6.07, 6.45) is 1.63. The van der Waals surface area contributed by atoms with Crippen molar-refractivity contribution in [2.24, 2.45) is 4.99 Å². The van der Waals surface area contributed by atoms with E-state index in [1.54, 1.807) is 6.08 Å². The second-order valence-electron chi connectivity index (χ2n) is 4.70. The molecule has 0 saturated heterocycles. The molecule has 16 heavy (non-hydrogen) atoms. The minimum absolute atomic E-state index is 0.496. The van der Waals surface area contributed by atoms with E-state index >= 15 is 0 Å². The van der Waals surface area contributed by atoms with Crippen molar-refractivity contribution in [2.45, 2.75) is 25.9 Å². The van der Waals surface area contributed by atoms with Crippen molar-refractivity contribution < 1.29 is 4.79 Å². The summed E-state index contributed by atoms with van der Waals surface area (Å²) >= 11 is 0. The molecule has 0 unspecified atom stereocenters. The summed E-state index contributed by atoms with van der Waals surface area (Å²) < 4.78 is 0. The highest BCUT2D eigenvalue weighted by atomic mass is 16.1. The molecular formula is C13H18N2O. The summed E-state index contributed by atoms with van der Waals surface area (Å²) in [5.74, 6) is 0. The van der Waals surface area contributed by atoms with Gasteiger partial charge in [0.1, 0.15) is 0 Å². The molecule has 0 aliphatic heterocycles. The zero-order chi connectivity index (χ0) is 12.2. The minimum atomic E-state index is -0.496. The number of nitrogens with zero attached hydrogens (tertiary/aromatic N) is 2. The first-order chi connectivity index (χ1) is 7.45. The summed E-state index contributed by atoms with van der Waals surface area (Å²) in [4.78, 5) is 16.3. The van der Waals surface area contributed by atoms with Crippen molar-refractivity contribution in [3.8, 4) is 0 Å². The van der Waals surface area contributed by atoms with Gasteiger partial charge in [0, 0.05) is 6.54 Å². The van der Waals surface area contributed by atoms with E-state index in [0.717, 1.165) is 12.1 Å². The molecule has 0 saturated carbocycles. The Morgan fingerprint density at radius 2 is 2.06 bits per heavy atom. The fourth-order valence-corrected chi connectivity index (χ4v) is 1.59. The third-order valence-corrected chi connectivity index (χ3v) is 2.46. The van der Waals surface area contributed by atoms with Crippen LogP contribution in [-0.4, -0.2) is 25.1 Å². The van der Waals surface area contributed by atoms with Crippen LogP contribution in [0.5, 0.6) is 0 Å². The van der Waals surface area contributed by atoms with Gasteiger partial charge in [-0.1, -0.05) is 24.3 Å². The number of rotatable bonds is 4. The van der Waals surface area contributed by atoms with Gasteiger partial charge in [-0.15, -0.1) is 0 Å². The Kier molecular flexibility index (Phi) is 3.99. The Morgan fingerprint density at radius 3 is 2.62 bits per heavy atom. The second kappa shape index (κ2) is 5.06. The quantitative estimate of drug-likeness (QED) is 0.574. The maximum atomic E-state index is 10.4. The minimum Gasteiger partial charge on any atom is -0.305 e. The van der Waals surface area contributed by atoms with Crippen LogP contribution in [0.1, 0.15) is 25.0 Å². The highest BCUT2D eigenvalue weighted by Crippen LogP contribution is 2.24. The Bertz CT molecular complexity index is 404. The predicted molar refractivity (Wildman–Crippen MR) is 65.0 cm³/mol. The van der Waals surface area contributed by atoms with Crippen LogP contribution in [0.25, 0.3) is 0 Å². The molecule has 0 fully saturated rings. The summed E-state index contributed by atoms with van der Waals surface area (Å²) in [7, 11) is 4.06. The number of aliphatic imine (C=N–C) groups is 1. The lowest BCUT2D eigenvalue weighted by molar-refractivity contribution is 0.402. The van der Waals surface area contributed by atoms with E-state index in [1.807, 2.05) is 40.1 Å². The van der Waals surface area contributed by atoms with Crippen LogP contribution in [-0.2, 0) is 16.9 Å². The average molecular weight is 218 g/mol. The zero-order valence-electron chi connectivity index (χ0n) is 10.3. The molecule has 0 radical (unpaired) electrons. The van der Waals surface area contributed by atoms with Gasteiger partial charge in [-0.05, 0) is 39.1 Å². The first kappa shape index (κ1) is 12.6. The zero-order valence-corrected chi connectivity index (χ0v) is 10.3. The highest BCUT2D eigenvalue weighted by Gasteiger charge is 2.19. The van der Waals surface area contributed by atoms with Gasteiger partial charge in [-0.2, -0.15) is 4.99 Å². The van der Waals surface area contributed by atoms with Crippen LogP contribution in [0.3, 0.4) is 0 Å². The number of hydrogen-bond donors (Lipinski definition) is 0. The third-order valence-electron chi connectivity index (χ3n) is 2.46. The van der Waals surface area contributed by atoms with E-state index < -0.39 is 5.54 Å². The second-order valence-corrected chi connectivity index (χ2v) is 4.70. The maximum absolute atomic E-state index is 10.4. The van der Waals surface area contributed by atoms with Crippen LogP contribution in [0, 0.1) is 0 Å². The van der Waals surface area contributed by atoms with Crippen LogP contribution < -0.4 is 0 Å². The topological polar surface area (TPSA) is 32.7 Å². The SMILES string of the molecule is CN(C)Cc1cccc(C(C)(C)N=C=O)c1. The van der Waals surface area contributed by atoms with Gasteiger partial charge in [0.05, 0.1) is 5.54 Å². The molecule has 0 aliphatic carbocycles. The molecule has 1 rings (SSSR count). The van der Waals surface area contributed by atoms with Crippen molar-refractivity contribution >= 4 is 6.08 Å². The standard InChI is InChI=1S/C13H18N2O/c1-13(2,14-10-16)12-7-5-6-11(8-12)9-15(3)4/h5-8H,9H2,1-4H3. The molecule has 0 spiro atoms. The van der Waals surface area contributed by atoms with Gasteiger partial charge in [-0.25, -0.2) is 4.79 Å². The van der Waals surface area contributed by atoms with Crippen molar-refractivity contribution in [1.29, 1.82) is 0 Å². The van der Waals surface area contributed by atoms with Gasteiger partial charge in [-0.3, -0.25) is 0 Å². The monoisotopic (exact) mass is 218 g/mol. The molecule has 0 heterocycles. The summed E-state index contributed by atoms with van der Waals surface area (Å²) in [5, 5.41) is 0. The normalized spacial score (nSPS) is 11.3. The number of benzene rings is 1. The lowest BCUT2D eigenvalue weighted by Crippen LogP contribution is -2.15. The number of isocyanates is 1. The van der Waals surface area contributed by atoms with E-state index in [2.05, 4.69) is 22.0 Å². The van der Waals surface area contributed by atoms with Crippen molar-refractivity contribution in [1.82, 2.24) is 4.90 Å². The van der Waals surface area contributed by atoms with Crippen molar-refractivity contribution in [3.05, 3.63) is 35.4 Å². The smallest absolute Gasteiger partial charge is 0.235 e. The summed E-state index contributed by atoms with van der Waals surface area (Å²) in [6, 6.07) is 8.14. The van der Waals surface area contributed by atoms with Crippen LogP contribution >= 0.6 is 0 Å². The molecular weight excluding hydrogens is 200 g/mol. The lowest BCUT2D eigenvalue weighted by atomic mass is 9.93. The molecule has 1 aromatic rings. The molecule has 1 aromatic carbocycles. The highest BCUT2D eigenvalue weighted by molar-refractivity contribution is 5.38. The summed E-state index contributed by atoms with van der Waals surface area (Å²) in [5.41, 5.74) is 1.76. The first-order valence-corrected chi connectivity index (χ1v) is 5.29. The van der Waals surface area contributed by atoms with Crippen molar-refractivity contribution in [2.75, 3.05) is 14.1 Å². The molecule has 86 valence electrons. The van der Waals surface area contributed by atoms with Crippen LogP contribution in [0.2, 0.25) is 0 Å². The van der Waals surface area contributed by atoms with E-state index in [4.69, 9.17) is 0 Å². The maximum Gasteiger partial charge on any atom is 0.235 e. The molecule has 0 aliphatic rings. The fraction of sp³-hybridized carbons (Fsp3) is 0.462. The van der Waals surface area contributed by atoms with Gasteiger partial charge in [0.25, 0.3) is 0 Å². The van der Waals surface area contributed by atoms with Gasteiger partial charge < -0.3 is 4.90 Å². The molecule has 3 nitrogen and oxygen atoms in total. The molecule has 0 atom stereocenters. The Hall–Kier alpha value is -1.44. The summed E-state index contributed by atoms with van der Waals surface area (Å²) in [6.45, 7) is 4.70. The van der Waals surface area contributed by atoms with Gasteiger partial charge in [0.2, 0.25) is 6.08 Å². The Morgan fingerprint density at radius 1 is 1.38 bits per heavy atom. The van der Waals surface area contributed by atoms with E-state index in [1.165, 1.54) is 5.56 Å². The van der Waals surface area contributed by atoms with E-state index in [0.29, 0.717) is 0 Å². The Labute approximate surface area is 96.8 Å². The first-order valence-electron chi connectivity index (χ1n) is 5.29. The number of hydrogen-bond acceptors (Lipinski definition) is 3. The molecule has 0 N–H and O–H groups in total. The fourth-order valence-electron chi connectivity index (χ4n) is 1.59. The van der Waals surface area contributed by atoms with Gasteiger partial charge >= 0.3 is 0 Å². The van der Waals surface area contributed by atoms with E-state index in [9.17, 15) is 4.79 Å². The van der Waals surface area contributed by atoms with Crippen LogP contribution in [0.4, 0.5) is 0 Å². The largest absolute Gasteiger partial charge is 0.305 e. The average Bonchev–Trinajstić information content (AvgIpc) is 2.17.